The molecule has 0 aromatic heterocycles. The first kappa shape index (κ1) is 12.3. The topological polar surface area (TPSA) is 43.4 Å². The molecule has 15 heavy (non-hydrogen) atoms. The Balaban J connectivity index is 3.32. The van der Waals surface area contributed by atoms with Crippen LogP contribution in [0.1, 0.15) is 12.5 Å². The molecule has 1 rings (SSSR count). The molecule has 0 aliphatic carbocycles. The number of halogens is 2. The van der Waals surface area contributed by atoms with E-state index < -0.39 is 15.1 Å². The maximum absolute atomic E-state index is 12.8. The second-order valence-electron chi connectivity index (χ2n) is 2.92. The van der Waals surface area contributed by atoms with Gasteiger partial charge < -0.3 is 4.74 Å². The van der Waals surface area contributed by atoms with E-state index in [9.17, 15) is 12.3 Å². The standard InChI is InChI=1S/C9H10ClFO3S/c1-3-14-8-4-6(2)9(5-7(8)10)15(11,12)13/h4-5H,3H2,1-2H3. The van der Waals surface area contributed by atoms with Crippen LogP contribution in [0.3, 0.4) is 0 Å². The summed E-state index contributed by atoms with van der Waals surface area (Å²) in [7, 11) is -4.73. The number of benzene rings is 1. The van der Waals surface area contributed by atoms with Crippen molar-refractivity contribution < 1.29 is 17.0 Å². The summed E-state index contributed by atoms with van der Waals surface area (Å²) in [4.78, 5) is -0.420. The summed E-state index contributed by atoms with van der Waals surface area (Å²) in [5, 5.41) is 0.0821. The fourth-order valence-corrected chi connectivity index (χ4v) is 2.15. The Morgan fingerprint density at radius 3 is 2.53 bits per heavy atom. The van der Waals surface area contributed by atoms with Crippen molar-refractivity contribution in [2.24, 2.45) is 0 Å². The van der Waals surface area contributed by atoms with Gasteiger partial charge >= 0.3 is 10.2 Å². The first-order chi connectivity index (χ1) is 6.86. The van der Waals surface area contributed by atoms with Crippen molar-refractivity contribution >= 4 is 21.8 Å². The van der Waals surface area contributed by atoms with Gasteiger partial charge in [-0.2, -0.15) is 8.42 Å². The minimum absolute atomic E-state index is 0.0821. The highest BCUT2D eigenvalue weighted by Gasteiger charge is 2.18. The molecule has 1 aromatic rings. The van der Waals surface area contributed by atoms with Crippen molar-refractivity contribution in [3.8, 4) is 5.75 Å². The molecule has 0 saturated heterocycles. The molecule has 0 saturated carbocycles. The first-order valence-electron chi connectivity index (χ1n) is 4.24. The summed E-state index contributed by atoms with van der Waals surface area (Å²) < 4.78 is 39.3. The van der Waals surface area contributed by atoms with Gasteiger partial charge in [0.1, 0.15) is 10.6 Å². The van der Waals surface area contributed by atoms with E-state index in [0.29, 0.717) is 12.4 Å². The Bertz CT molecular complexity index is 470. The number of hydrogen-bond acceptors (Lipinski definition) is 3. The van der Waals surface area contributed by atoms with Gasteiger partial charge in [0.25, 0.3) is 0 Å². The Morgan fingerprint density at radius 1 is 1.47 bits per heavy atom. The van der Waals surface area contributed by atoms with Crippen LogP contribution >= 0.6 is 11.6 Å². The molecule has 0 heterocycles. The smallest absolute Gasteiger partial charge is 0.332 e. The lowest BCUT2D eigenvalue weighted by Gasteiger charge is -2.08. The van der Waals surface area contributed by atoms with Gasteiger partial charge in [-0.25, -0.2) is 0 Å². The monoisotopic (exact) mass is 252 g/mol. The molecule has 0 atom stereocenters. The highest BCUT2D eigenvalue weighted by molar-refractivity contribution is 7.86. The van der Waals surface area contributed by atoms with Crippen molar-refractivity contribution in [3.05, 3.63) is 22.7 Å². The molecule has 0 aliphatic rings. The minimum atomic E-state index is -4.73. The van der Waals surface area contributed by atoms with Crippen LogP contribution in [0.5, 0.6) is 5.75 Å². The van der Waals surface area contributed by atoms with Gasteiger partial charge in [0.05, 0.1) is 11.6 Å². The molecule has 0 radical (unpaired) electrons. The molecular weight excluding hydrogens is 243 g/mol. The third-order valence-corrected chi connectivity index (χ3v) is 3.05. The molecule has 6 heteroatoms. The average molecular weight is 253 g/mol. The van der Waals surface area contributed by atoms with Gasteiger partial charge in [0, 0.05) is 0 Å². The van der Waals surface area contributed by atoms with E-state index in [1.165, 1.54) is 13.0 Å². The molecule has 0 aliphatic heterocycles. The average Bonchev–Trinajstić information content (AvgIpc) is 2.09. The van der Waals surface area contributed by atoms with Crippen LogP contribution in [0.2, 0.25) is 5.02 Å². The van der Waals surface area contributed by atoms with E-state index in [-0.39, 0.29) is 10.6 Å². The van der Waals surface area contributed by atoms with Crippen LogP contribution in [0, 0.1) is 6.92 Å². The normalized spacial score (nSPS) is 11.5. The molecule has 1 aromatic carbocycles. The van der Waals surface area contributed by atoms with Crippen molar-refractivity contribution in [2.75, 3.05) is 6.61 Å². The van der Waals surface area contributed by atoms with Gasteiger partial charge in [-0.15, -0.1) is 3.89 Å². The van der Waals surface area contributed by atoms with Crippen molar-refractivity contribution in [2.45, 2.75) is 18.7 Å². The third-order valence-electron chi connectivity index (χ3n) is 1.79. The molecule has 84 valence electrons. The van der Waals surface area contributed by atoms with Crippen LogP contribution in [0.25, 0.3) is 0 Å². The Kier molecular flexibility index (Phi) is 3.57. The van der Waals surface area contributed by atoms with Crippen molar-refractivity contribution in [1.29, 1.82) is 0 Å². The van der Waals surface area contributed by atoms with Gasteiger partial charge in [0.2, 0.25) is 0 Å². The summed E-state index contributed by atoms with van der Waals surface area (Å²) in [5.41, 5.74) is 0.269. The van der Waals surface area contributed by atoms with E-state index in [0.717, 1.165) is 6.07 Å². The van der Waals surface area contributed by atoms with Crippen LogP contribution in [0.15, 0.2) is 17.0 Å². The fraction of sp³-hybridized carbons (Fsp3) is 0.333. The van der Waals surface area contributed by atoms with E-state index in [1.54, 1.807) is 6.92 Å². The van der Waals surface area contributed by atoms with E-state index in [1.807, 2.05) is 0 Å². The number of rotatable bonds is 3. The Labute approximate surface area is 93.0 Å². The summed E-state index contributed by atoms with van der Waals surface area (Å²) in [6, 6.07) is 2.45. The molecule has 0 unspecified atom stereocenters. The maximum atomic E-state index is 12.8. The maximum Gasteiger partial charge on any atom is 0.332 e. The van der Waals surface area contributed by atoms with Crippen LogP contribution in [-0.4, -0.2) is 15.0 Å². The molecule has 0 amide bonds. The number of aryl methyl sites for hydroxylation is 1. The molecule has 0 fully saturated rings. The minimum Gasteiger partial charge on any atom is -0.492 e. The SMILES string of the molecule is CCOc1cc(C)c(S(=O)(=O)F)cc1Cl. The van der Waals surface area contributed by atoms with Crippen molar-refractivity contribution in [1.82, 2.24) is 0 Å². The fourth-order valence-electron chi connectivity index (χ4n) is 1.17. The van der Waals surface area contributed by atoms with E-state index in [4.69, 9.17) is 16.3 Å². The van der Waals surface area contributed by atoms with E-state index >= 15 is 0 Å². The van der Waals surface area contributed by atoms with Gasteiger partial charge in [-0.1, -0.05) is 11.6 Å². The number of hydrogen-bond donors (Lipinski definition) is 0. The van der Waals surface area contributed by atoms with Crippen LogP contribution < -0.4 is 4.74 Å². The Morgan fingerprint density at radius 2 is 2.07 bits per heavy atom. The second kappa shape index (κ2) is 4.37. The zero-order chi connectivity index (χ0) is 11.6. The lowest BCUT2D eigenvalue weighted by atomic mass is 10.2. The van der Waals surface area contributed by atoms with Crippen molar-refractivity contribution in [3.63, 3.8) is 0 Å². The third kappa shape index (κ3) is 2.82. The predicted molar refractivity (Wildman–Crippen MR) is 55.7 cm³/mol. The molecular formula is C9H10ClFO3S. The quantitative estimate of drug-likeness (QED) is 0.777. The zero-order valence-corrected chi connectivity index (χ0v) is 9.82. The lowest BCUT2D eigenvalue weighted by molar-refractivity contribution is 0.340. The lowest BCUT2D eigenvalue weighted by Crippen LogP contribution is -1.99. The summed E-state index contributed by atoms with van der Waals surface area (Å²) >= 11 is 5.73. The molecule has 0 N–H and O–H groups in total. The van der Waals surface area contributed by atoms with E-state index in [2.05, 4.69) is 0 Å². The Hall–Kier alpha value is -0.810. The second-order valence-corrected chi connectivity index (χ2v) is 4.64. The first-order valence-corrected chi connectivity index (χ1v) is 6.00. The van der Waals surface area contributed by atoms with Crippen LogP contribution in [-0.2, 0) is 10.2 Å². The molecule has 0 bridgehead atoms. The van der Waals surface area contributed by atoms with Gasteiger partial charge in [-0.3, -0.25) is 0 Å². The zero-order valence-electron chi connectivity index (χ0n) is 8.25. The summed E-state index contributed by atoms with van der Waals surface area (Å²) in [6.45, 7) is 3.65. The van der Waals surface area contributed by atoms with Gasteiger partial charge in [0.15, 0.2) is 0 Å². The molecule has 0 spiro atoms. The largest absolute Gasteiger partial charge is 0.492 e. The van der Waals surface area contributed by atoms with Gasteiger partial charge in [-0.05, 0) is 31.5 Å². The number of ether oxygens (including phenoxy) is 1. The summed E-state index contributed by atoms with van der Waals surface area (Å²) in [5.74, 6) is 0.351. The molecule has 3 nitrogen and oxygen atoms in total. The van der Waals surface area contributed by atoms with Crippen LogP contribution in [0.4, 0.5) is 3.89 Å². The predicted octanol–water partition coefficient (Wildman–Crippen LogP) is 2.71. The highest BCUT2D eigenvalue weighted by Crippen LogP contribution is 2.31. The highest BCUT2D eigenvalue weighted by atomic mass is 35.5. The summed E-state index contributed by atoms with van der Waals surface area (Å²) in [6.07, 6.45) is 0.